The van der Waals surface area contributed by atoms with Crippen molar-refractivity contribution < 1.29 is 9.32 Å². The average molecular weight is 311 g/mol. The lowest BCUT2D eigenvalue weighted by Crippen LogP contribution is -2.46. The lowest BCUT2D eigenvalue weighted by molar-refractivity contribution is 0.0906. The van der Waals surface area contributed by atoms with Crippen molar-refractivity contribution >= 4 is 5.91 Å². The topological polar surface area (TPSA) is 58.4 Å². The molecule has 0 aliphatic carbocycles. The van der Waals surface area contributed by atoms with Crippen LogP contribution in [-0.2, 0) is 0 Å². The van der Waals surface area contributed by atoms with Crippen molar-refractivity contribution in [1.82, 2.24) is 15.4 Å². The fraction of sp³-hybridized carbons (Fsp3) is 0.444. The molecular weight excluding hydrogens is 290 g/mol. The molecule has 23 heavy (non-hydrogen) atoms. The van der Waals surface area contributed by atoms with Crippen molar-refractivity contribution in [2.75, 3.05) is 13.1 Å². The molecule has 1 aromatic carbocycles. The van der Waals surface area contributed by atoms with Gasteiger partial charge in [0, 0.05) is 30.3 Å². The van der Waals surface area contributed by atoms with E-state index in [1.165, 1.54) is 25.8 Å². The number of benzene rings is 1. The molecule has 2 unspecified atom stereocenters. The second-order valence-corrected chi connectivity index (χ2v) is 6.41. The molecule has 3 heterocycles. The fourth-order valence-corrected chi connectivity index (χ4v) is 3.78. The number of carbonyl (C=O) groups excluding carboxylic acids is 1. The van der Waals surface area contributed by atoms with Crippen LogP contribution in [0.3, 0.4) is 0 Å². The summed E-state index contributed by atoms with van der Waals surface area (Å²) in [6.07, 6.45) is 4.75. The van der Waals surface area contributed by atoms with Gasteiger partial charge in [-0.3, -0.25) is 9.69 Å². The van der Waals surface area contributed by atoms with Crippen molar-refractivity contribution in [2.45, 2.75) is 37.8 Å². The third-order valence-corrected chi connectivity index (χ3v) is 4.97. The Morgan fingerprint density at radius 2 is 2.04 bits per heavy atom. The van der Waals surface area contributed by atoms with Crippen LogP contribution in [0.15, 0.2) is 40.9 Å². The zero-order valence-electron chi connectivity index (χ0n) is 13.1. The second kappa shape index (κ2) is 6.16. The van der Waals surface area contributed by atoms with Gasteiger partial charge in [-0.15, -0.1) is 0 Å². The minimum absolute atomic E-state index is 0.131. The normalized spacial score (nSPS) is 24.3. The van der Waals surface area contributed by atoms with Gasteiger partial charge in [0.25, 0.3) is 5.91 Å². The maximum Gasteiger partial charge on any atom is 0.273 e. The van der Waals surface area contributed by atoms with Crippen LogP contribution in [0.5, 0.6) is 0 Å². The first-order valence-corrected chi connectivity index (χ1v) is 8.38. The zero-order valence-corrected chi connectivity index (χ0v) is 13.1. The van der Waals surface area contributed by atoms with Gasteiger partial charge in [-0.1, -0.05) is 41.9 Å². The van der Waals surface area contributed by atoms with E-state index in [4.69, 9.17) is 4.52 Å². The number of fused-ring (bicyclic) bond motifs is 1. The van der Waals surface area contributed by atoms with Crippen LogP contribution in [0.2, 0.25) is 0 Å². The Balaban J connectivity index is 1.45. The summed E-state index contributed by atoms with van der Waals surface area (Å²) in [4.78, 5) is 15.0. The largest absolute Gasteiger partial charge is 0.355 e. The number of hydrogen-bond acceptors (Lipinski definition) is 4. The van der Waals surface area contributed by atoms with Gasteiger partial charge in [0.05, 0.1) is 0 Å². The molecule has 2 aliphatic heterocycles. The Kier molecular flexibility index (Phi) is 3.87. The summed E-state index contributed by atoms with van der Waals surface area (Å²) in [5, 5.41) is 7.09. The van der Waals surface area contributed by atoms with Crippen molar-refractivity contribution in [1.29, 1.82) is 0 Å². The van der Waals surface area contributed by atoms with Crippen molar-refractivity contribution in [3.63, 3.8) is 0 Å². The second-order valence-electron chi connectivity index (χ2n) is 6.41. The predicted molar refractivity (Wildman–Crippen MR) is 87.0 cm³/mol. The van der Waals surface area contributed by atoms with E-state index in [0.717, 1.165) is 18.5 Å². The molecule has 2 saturated heterocycles. The van der Waals surface area contributed by atoms with Crippen LogP contribution >= 0.6 is 0 Å². The van der Waals surface area contributed by atoms with E-state index in [0.29, 0.717) is 17.5 Å². The molecule has 1 N–H and O–H groups in total. The van der Waals surface area contributed by atoms with Gasteiger partial charge in [-0.25, -0.2) is 0 Å². The van der Waals surface area contributed by atoms with Crippen molar-refractivity contribution in [2.24, 2.45) is 0 Å². The molecule has 5 heteroatoms. The molecule has 1 aromatic heterocycles. The van der Waals surface area contributed by atoms with Gasteiger partial charge in [0.15, 0.2) is 11.5 Å². The molecule has 2 aromatic rings. The van der Waals surface area contributed by atoms with Crippen LogP contribution in [0, 0.1) is 0 Å². The Bertz CT molecular complexity index is 683. The zero-order chi connectivity index (χ0) is 15.6. The van der Waals surface area contributed by atoms with Crippen molar-refractivity contribution in [3.05, 3.63) is 42.1 Å². The van der Waals surface area contributed by atoms with Gasteiger partial charge in [0.2, 0.25) is 0 Å². The molecule has 0 bridgehead atoms. The highest BCUT2D eigenvalue weighted by Crippen LogP contribution is 2.27. The Hall–Kier alpha value is -2.14. The van der Waals surface area contributed by atoms with Crippen LogP contribution in [-0.4, -0.2) is 41.1 Å². The number of rotatable bonds is 3. The molecule has 0 saturated carbocycles. The van der Waals surface area contributed by atoms with Crippen LogP contribution in [0.1, 0.15) is 36.2 Å². The monoisotopic (exact) mass is 311 g/mol. The number of hydrogen-bond donors (Lipinski definition) is 1. The number of nitrogens with one attached hydrogen (secondary N) is 1. The predicted octanol–water partition coefficient (Wildman–Crippen LogP) is 2.70. The van der Waals surface area contributed by atoms with E-state index in [1.807, 2.05) is 30.3 Å². The number of aromatic nitrogens is 1. The van der Waals surface area contributed by atoms with Gasteiger partial charge < -0.3 is 9.84 Å². The number of nitrogens with zero attached hydrogens (tertiary/aromatic N) is 2. The molecule has 2 fully saturated rings. The summed E-state index contributed by atoms with van der Waals surface area (Å²) in [6.45, 7) is 2.25. The maximum absolute atomic E-state index is 12.5. The van der Waals surface area contributed by atoms with E-state index < -0.39 is 0 Å². The Labute approximate surface area is 135 Å². The summed E-state index contributed by atoms with van der Waals surface area (Å²) in [5.74, 6) is 0.495. The quantitative estimate of drug-likeness (QED) is 0.947. The van der Waals surface area contributed by atoms with E-state index in [2.05, 4.69) is 15.4 Å². The molecule has 0 radical (unpaired) electrons. The third kappa shape index (κ3) is 2.88. The summed E-state index contributed by atoms with van der Waals surface area (Å²) in [5.41, 5.74) is 1.29. The molecule has 0 spiro atoms. The standard InChI is InChI=1S/C18H21N3O2/c22-18(19-14-9-11-21-10-5-4-8-16(14)21)15-12-17(23-20-15)13-6-2-1-3-7-13/h1-3,6-7,12,14,16H,4-5,8-11H2,(H,19,22). The fourth-order valence-electron chi connectivity index (χ4n) is 3.78. The molecule has 120 valence electrons. The lowest BCUT2D eigenvalue weighted by Gasteiger charge is -2.32. The van der Waals surface area contributed by atoms with Crippen LogP contribution in [0.25, 0.3) is 11.3 Å². The average Bonchev–Trinajstić information content (AvgIpc) is 3.24. The number of piperidine rings is 1. The maximum atomic E-state index is 12.5. The smallest absolute Gasteiger partial charge is 0.273 e. The number of carbonyl (C=O) groups is 1. The Morgan fingerprint density at radius 3 is 2.91 bits per heavy atom. The molecular formula is C18H21N3O2. The van der Waals surface area contributed by atoms with E-state index in [-0.39, 0.29) is 11.9 Å². The Morgan fingerprint density at radius 1 is 1.17 bits per heavy atom. The van der Waals surface area contributed by atoms with Gasteiger partial charge >= 0.3 is 0 Å². The third-order valence-electron chi connectivity index (χ3n) is 4.97. The minimum atomic E-state index is -0.131. The van der Waals surface area contributed by atoms with Gasteiger partial charge in [-0.05, 0) is 25.8 Å². The molecule has 1 amide bonds. The summed E-state index contributed by atoms with van der Waals surface area (Å²) in [7, 11) is 0. The van der Waals surface area contributed by atoms with Crippen LogP contribution in [0.4, 0.5) is 0 Å². The van der Waals surface area contributed by atoms with E-state index in [1.54, 1.807) is 6.07 Å². The SMILES string of the molecule is O=C(NC1CCN2CCCCC12)c1cc(-c2ccccc2)on1. The van der Waals surface area contributed by atoms with Gasteiger partial charge in [0.1, 0.15) is 0 Å². The summed E-state index contributed by atoms with van der Waals surface area (Å²) < 4.78 is 5.32. The first-order valence-electron chi connectivity index (χ1n) is 8.38. The van der Waals surface area contributed by atoms with E-state index in [9.17, 15) is 4.79 Å². The molecule has 2 atom stereocenters. The highest BCUT2D eigenvalue weighted by molar-refractivity contribution is 5.93. The summed E-state index contributed by atoms with van der Waals surface area (Å²) >= 11 is 0. The summed E-state index contributed by atoms with van der Waals surface area (Å²) in [6, 6.07) is 12.2. The van der Waals surface area contributed by atoms with Gasteiger partial charge in [-0.2, -0.15) is 0 Å². The highest BCUT2D eigenvalue weighted by Gasteiger charge is 2.36. The minimum Gasteiger partial charge on any atom is -0.355 e. The molecule has 4 rings (SSSR count). The van der Waals surface area contributed by atoms with Crippen LogP contribution < -0.4 is 5.32 Å². The number of amides is 1. The lowest BCUT2D eigenvalue weighted by atomic mass is 9.99. The van der Waals surface area contributed by atoms with Crippen molar-refractivity contribution in [3.8, 4) is 11.3 Å². The molecule has 5 nitrogen and oxygen atoms in total. The highest BCUT2D eigenvalue weighted by atomic mass is 16.5. The molecule has 2 aliphatic rings. The van der Waals surface area contributed by atoms with E-state index >= 15 is 0 Å². The first-order chi connectivity index (χ1) is 11.3. The first kappa shape index (κ1) is 14.5.